The number of esters is 1. The molecule has 2 aromatic carbocycles. The van der Waals surface area contributed by atoms with Gasteiger partial charge in [-0.25, -0.2) is 9.59 Å². The van der Waals surface area contributed by atoms with Crippen LogP contribution in [0, 0.1) is 0 Å². The number of Topliss-reactive ketones (excluding diaryl/α,β-unsaturated/α-hetero) is 1. The van der Waals surface area contributed by atoms with Crippen LogP contribution in [-0.4, -0.2) is 47.1 Å². The minimum Gasteiger partial charge on any atom is -0.458 e. The number of hydrogen-bond donors (Lipinski definition) is 1. The lowest BCUT2D eigenvalue weighted by atomic mass is 9.98. The van der Waals surface area contributed by atoms with E-state index < -0.39 is 29.5 Å². The van der Waals surface area contributed by atoms with E-state index in [4.69, 9.17) is 15.0 Å². The molecule has 8 heteroatoms. The predicted molar refractivity (Wildman–Crippen MR) is 122 cm³/mol. The summed E-state index contributed by atoms with van der Waals surface area (Å²) in [5.74, 6) is -1.28. The lowest BCUT2D eigenvalue weighted by Crippen LogP contribution is -2.45. The number of carbonyl (C=O) groups is 3. The average molecular weight is 450 g/mol. The first kappa shape index (κ1) is 23.9. The molecule has 0 unspecified atom stereocenters. The van der Waals surface area contributed by atoms with Gasteiger partial charge in [-0.3, -0.25) is 4.79 Å². The predicted octanol–water partition coefficient (Wildman–Crippen LogP) is 3.89. The second kappa shape index (κ2) is 10.2. The summed E-state index contributed by atoms with van der Waals surface area (Å²) in [7, 11) is 0. The van der Waals surface area contributed by atoms with Gasteiger partial charge in [-0.2, -0.15) is 4.79 Å². The Morgan fingerprint density at radius 2 is 1.64 bits per heavy atom. The van der Waals surface area contributed by atoms with Gasteiger partial charge in [-0.15, -0.1) is 0 Å². The summed E-state index contributed by atoms with van der Waals surface area (Å²) in [6, 6.07) is 14.9. The Morgan fingerprint density at radius 3 is 2.18 bits per heavy atom. The van der Waals surface area contributed by atoms with Crippen LogP contribution in [0.15, 0.2) is 48.5 Å². The zero-order valence-corrected chi connectivity index (χ0v) is 18.9. The smallest absolute Gasteiger partial charge is 0.407 e. The monoisotopic (exact) mass is 449 g/mol. The molecule has 0 aromatic heterocycles. The van der Waals surface area contributed by atoms with E-state index in [1.165, 1.54) is 0 Å². The molecule has 0 saturated heterocycles. The van der Waals surface area contributed by atoms with E-state index >= 15 is 0 Å². The molecule has 1 amide bonds. The van der Waals surface area contributed by atoms with Crippen molar-refractivity contribution in [3.05, 3.63) is 65.2 Å². The Balaban J connectivity index is 1.68. The van der Waals surface area contributed by atoms with Crippen LogP contribution in [0.25, 0.3) is 16.7 Å². The lowest BCUT2D eigenvalue weighted by Gasteiger charge is -2.24. The molecule has 0 radical (unpaired) electrons. The maximum Gasteiger partial charge on any atom is 0.407 e. The standard InChI is InChI=1S/C25H27N3O5/c1-25(2,3)33-23(30)22(13-12-16(29)14-27-26)28-24(31)32-15-21-19-10-6-4-8-17(19)18-9-5-7-11-20(18)21/h4-11,14,21-22H,12-13,15H2,1-3H3,(H,28,31)/t22-/m0/s1. The van der Waals surface area contributed by atoms with E-state index in [0.717, 1.165) is 28.5 Å². The third-order valence-corrected chi connectivity index (χ3v) is 5.21. The summed E-state index contributed by atoms with van der Waals surface area (Å²) in [6.07, 6.45) is -0.169. The SMILES string of the molecule is CC(C)(C)OC(=O)[C@H](CCC(=O)C=[N+]=[N-])NC(=O)OCC1c2ccccc2-c2ccccc21. The highest BCUT2D eigenvalue weighted by Gasteiger charge is 2.31. The second-order valence-electron chi connectivity index (χ2n) is 8.81. The Kier molecular flexibility index (Phi) is 7.41. The van der Waals surface area contributed by atoms with Crippen molar-refractivity contribution in [2.75, 3.05) is 6.61 Å². The fourth-order valence-corrected chi connectivity index (χ4v) is 3.82. The molecule has 3 rings (SSSR count). The Labute approximate surface area is 192 Å². The molecular formula is C25H27N3O5. The fraction of sp³-hybridized carbons (Fsp3) is 0.360. The molecule has 1 N–H and O–H groups in total. The number of hydrogen-bond acceptors (Lipinski definition) is 5. The number of fused-ring (bicyclic) bond motifs is 3. The number of benzene rings is 2. The van der Waals surface area contributed by atoms with E-state index in [2.05, 4.69) is 10.1 Å². The van der Waals surface area contributed by atoms with Gasteiger partial charge < -0.3 is 20.3 Å². The summed E-state index contributed by atoms with van der Waals surface area (Å²) in [6.45, 7) is 5.22. The first-order chi connectivity index (χ1) is 15.7. The van der Waals surface area contributed by atoms with Gasteiger partial charge in [-0.1, -0.05) is 48.5 Å². The zero-order chi connectivity index (χ0) is 24.0. The van der Waals surface area contributed by atoms with Crippen LogP contribution in [-0.2, 0) is 19.1 Å². The van der Waals surface area contributed by atoms with E-state index in [1.807, 2.05) is 48.5 Å². The molecule has 0 fully saturated rings. The third kappa shape index (κ3) is 6.14. The Bertz CT molecular complexity index is 1050. The van der Waals surface area contributed by atoms with Crippen LogP contribution in [0.1, 0.15) is 50.7 Å². The van der Waals surface area contributed by atoms with Crippen molar-refractivity contribution in [1.82, 2.24) is 5.32 Å². The summed E-state index contributed by atoms with van der Waals surface area (Å²) >= 11 is 0. The van der Waals surface area contributed by atoms with E-state index in [-0.39, 0.29) is 25.4 Å². The second-order valence-corrected chi connectivity index (χ2v) is 8.81. The molecule has 0 spiro atoms. The van der Waals surface area contributed by atoms with Crippen LogP contribution in [0.5, 0.6) is 0 Å². The van der Waals surface area contributed by atoms with Crippen molar-refractivity contribution in [3.8, 4) is 11.1 Å². The molecule has 0 heterocycles. The van der Waals surface area contributed by atoms with Crippen molar-refractivity contribution < 1.29 is 28.6 Å². The summed E-state index contributed by atoms with van der Waals surface area (Å²) in [5, 5.41) is 2.51. The fourth-order valence-electron chi connectivity index (χ4n) is 3.82. The van der Waals surface area contributed by atoms with E-state index in [1.54, 1.807) is 20.8 Å². The molecule has 8 nitrogen and oxygen atoms in total. The van der Waals surface area contributed by atoms with Crippen LogP contribution in [0.3, 0.4) is 0 Å². The number of carbonyl (C=O) groups excluding carboxylic acids is 3. The largest absolute Gasteiger partial charge is 0.458 e. The van der Waals surface area contributed by atoms with Crippen LogP contribution in [0.2, 0.25) is 0 Å². The Morgan fingerprint density at radius 1 is 1.06 bits per heavy atom. The number of ketones is 1. The topological polar surface area (TPSA) is 118 Å². The van der Waals surface area contributed by atoms with Gasteiger partial charge >= 0.3 is 18.3 Å². The van der Waals surface area contributed by atoms with Crippen molar-refractivity contribution >= 4 is 24.1 Å². The van der Waals surface area contributed by atoms with Gasteiger partial charge in [0.25, 0.3) is 0 Å². The molecule has 0 saturated carbocycles. The van der Waals surface area contributed by atoms with Crippen molar-refractivity contribution in [3.63, 3.8) is 0 Å². The van der Waals surface area contributed by atoms with E-state index in [0.29, 0.717) is 0 Å². The van der Waals surface area contributed by atoms with Gasteiger partial charge in [0, 0.05) is 12.3 Å². The molecule has 1 atom stereocenters. The molecule has 0 bridgehead atoms. The van der Waals surface area contributed by atoms with Crippen LogP contribution >= 0.6 is 0 Å². The number of alkyl carbamates (subject to hydrolysis) is 1. The number of amides is 1. The highest BCUT2D eigenvalue weighted by molar-refractivity contribution is 6.25. The quantitative estimate of drug-likeness (QED) is 0.284. The molecule has 1 aliphatic rings. The molecule has 0 aliphatic heterocycles. The lowest BCUT2D eigenvalue weighted by molar-refractivity contribution is -0.157. The molecule has 2 aromatic rings. The molecular weight excluding hydrogens is 422 g/mol. The summed E-state index contributed by atoms with van der Waals surface area (Å²) < 4.78 is 10.9. The van der Waals surface area contributed by atoms with Gasteiger partial charge in [0.15, 0.2) is 0 Å². The van der Waals surface area contributed by atoms with Gasteiger partial charge in [0.1, 0.15) is 18.2 Å². The summed E-state index contributed by atoms with van der Waals surface area (Å²) in [4.78, 5) is 39.5. The molecule has 1 aliphatic carbocycles. The first-order valence-corrected chi connectivity index (χ1v) is 10.7. The maximum atomic E-state index is 12.6. The van der Waals surface area contributed by atoms with Crippen LogP contribution < -0.4 is 5.32 Å². The third-order valence-electron chi connectivity index (χ3n) is 5.21. The average Bonchev–Trinajstić information content (AvgIpc) is 3.08. The van der Waals surface area contributed by atoms with Gasteiger partial charge in [0.2, 0.25) is 5.78 Å². The highest BCUT2D eigenvalue weighted by Crippen LogP contribution is 2.44. The maximum absolute atomic E-state index is 12.6. The minimum atomic E-state index is -1.09. The number of ether oxygens (including phenoxy) is 2. The minimum absolute atomic E-state index is 0.0238. The Hall–Kier alpha value is -3.77. The molecule has 33 heavy (non-hydrogen) atoms. The van der Waals surface area contributed by atoms with Crippen molar-refractivity contribution in [2.24, 2.45) is 0 Å². The first-order valence-electron chi connectivity index (χ1n) is 10.7. The normalized spacial score (nSPS) is 13.2. The molecule has 172 valence electrons. The van der Waals surface area contributed by atoms with Gasteiger partial charge in [0.05, 0.1) is 0 Å². The highest BCUT2D eigenvalue weighted by atomic mass is 16.6. The van der Waals surface area contributed by atoms with Crippen LogP contribution in [0.4, 0.5) is 4.79 Å². The van der Waals surface area contributed by atoms with Gasteiger partial charge in [-0.05, 0) is 49.4 Å². The van der Waals surface area contributed by atoms with Crippen molar-refractivity contribution in [2.45, 2.75) is 51.2 Å². The van der Waals surface area contributed by atoms with E-state index in [9.17, 15) is 14.4 Å². The summed E-state index contributed by atoms with van der Waals surface area (Å²) in [5.41, 5.74) is 12.1. The van der Waals surface area contributed by atoms with Crippen molar-refractivity contribution in [1.29, 1.82) is 0 Å². The number of rotatable bonds is 8. The zero-order valence-electron chi connectivity index (χ0n) is 18.9. The number of nitrogens with one attached hydrogen (secondary N) is 1. The number of nitrogens with zero attached hydrogens (tertiary/aromatic N) is 2.